The molecule has 0 fully saturated rings. The van der Waals surface area contributed by atoms with Crippen LogP contribution in [0.3, 0.4) is 0 Å². The minimum absolute atomic E-state index is 0. The lowest BCUT2D eigenvalue weighted by molar-refractivity contribution is -0.927. The summed E-state index contributed by atoms with van der Waals surface area (Å²) in [5, 5.41) is 18.5. The third-order valence-corrected chi connectivity index (χ3v) is 5.31. The Morgan fingerprint density at radius 1 is 0.542 bits per heavy atom. The number of hydrogen-bond donors (Lipinski definition) is 2. The Hall–Kier alpha value is 0.170. The van der Waals surface area contributed by atoms with E-state index in [1.54, 1.807) is 0 Å². The van der Waals surface area contributed by atoms with E-state index >= 15 is 0 Å². The monoisotopic (exact) mass is 365 g/mol. The highest BCUT2D eigenvalue weighted by Crippen LogP contribution is 2.14. The van der Waals surface area contributed by atoms with Gasteiger partial charge in [-0.25, -0.2) is 0 Å². The number of aliphatic hydroxyl groups excluding tert-OH is 2. The van der Waals surface area contributed by atoms with Crippen molar-refractivity contribution in [2.24, 2.45) is 0 Å². The Morgan fingerprint density at radius 2 is 0.917 bits per heavy atom. The minimum Gasteiger partial charge on any atom is -1.00 e. The third-order valence-electron chi connectivity index (χ3n) is 5.31. The maximum absolute atomic E-state index is 9.25. The first kappa shape index (κ1) is 26.4. The van der Waals surface area contributed by atoms with E-state index in [-0.39, 0.29) is 25.6 Å². The molecule has 0 heterocycles. The topological polar surface area (TPSA) is 40.5 Å². The Bertz CT molecular complexity index is 234. The molecule has 4 heteroatoms. The summed E-state index contributed by atoms with van der Waals surface area (Å²) in [5.74, 6) is 0. The van der Waals surface area contributed by atoms with Crippen LogP contribution in [0.15, 0.2) is 0 Å². The summed E-state index contributed by atoms with van der Waals surface area (Å²) in [6.07, 6.45) is 16.5. The van der Waals surface area contributed by atoms with Gasteiger partial charge in [0.25, 0.3) is 0 Å². The lowest BCUT2D eigenvalue weighted by Gasteiger charge is -2.37. The Morgan fingerprint density at radius 3 is 1.25 bits per heavy atom. The molecule has 0 atom stereocenters. The van der Waals surface area contributed by atoms with Crippen molar-refractivity contribution in [3.63, 3.8) is 0 Å². The molecule has 2 N–H and O–H groups in total. The molecule has 0 aliphatic heterocycles. The van der Waals surface area contributed by atoms with Crippen molar-refractivity contribution in [2.45, 2.75) is 90.9 Å². The average molecular weight is 366 g/mol. The van der Waals surface area contributed by atoms with Crippen LogP contribution in [0, 0.1) is 0 Å². The number of aliphatic hydroxyl groups is 2. The van der Waals surface area contributed by atoms with Crippen LogP contribution in [0.5, 0.6) is 0 Å². The predicted octanol–water partition coefficient (Wildman–Crippen LogP) is 1.51. The van der Waals surface area contributed by atoms with E-state index in [0.29, 0.717) is 0 Å². The van der Waals surface area contributed by atoms with Crippen LogP contribution in [-0.4, -0.2) is 54.1 Å². The fourth-order valence-electron chi connectivity index (χ4n) is 3.52. The molecule has 0 aromatic carbocycles. The highest BCUT2D eigenvalue weighted by molar-refractivity contribution is 4.50. The number of hydrogen-bond acceptors (Lipinski definition) is 2. The number of quaternary nitrogens is 1. The SMILES string of the molecule is CCCCCCCCCCCCCC[N+](CC)(CCO)CCO.[Cl-]. The van der Waals surface area contributed by atoms with Crippen LogP contribution in [0.1, 0.15) is 90.9 Å². The van der Waals surface area contributed by atoms with Crippen LogP contribution in [-0.2, 0) is 0 Å². The van der Waals surface area contributed by atoms with Crippen LogP contribution >= 0.6 is 0 Å². The zero-order valence-electron chi connectivity index (χ0n) is 16.4. The van der Waals surface area contributed by atoms with Gasteiger partial charge in [0.15, 0.2) is 0 Å². The van der Waals surface area contributed by atoms with Gasteiger partial charge in [-0.2, -0.15) is 0 Å². The number of rotatable bonds is 18. The Kier molecular flexibility index (Phi) is 21.4. The van der Waals surface area contributed by atoms with E-state index in [1.807, 2.05) is 0 Å². The molecule has 0 aliphatic carbocycles. The fraction of sp³-hybridized carbons (Fsp3) is 1.00. The largest absolute Gasteiger partial charge is 1.00 e. The maximum Gasteiger partial charge on any atom is 0.102 e. The van der Waals surface area contributed by atoms with Crippen LogP contribution < -0.4 is 12.4 Å². The number of unbranched alkanes of at least 4 members (excludes halogenated alkanes) is 11. The molecule has 0 bridgehead atoms. The van der Waals surface area contributed by atoms with Gasteiger partial charge in [0.05, 0.1) is 26.3 Å². The van der Waals surface area contributed by atoms with E-state index in [2.05, 4.69) is 13.8 Å². The molecule has 0 aromatic rings. The van der Waals surface area contributed by atoms with Gasteiger partial charge in [0.2, 0.25) is 0 Å². The average Bonchev–Trinajstić information content (AvgIpc) is 2.56. The number of nitrogens with zero attached hydrogens (tertiary/aromatic N) is 1. The first-order valence-electron chi connectivity index (χ1n) is 10.3. The summed E-state index contributed by atoms with van der Waals surface area (Å²) in [6.45, 7) is 8.60. The molecule has 148 valence electrons. The van der Waals surface area contributed by atoms with E-state index in [9.17, 15) is 10.2 Å². The summed E-state index contributed by atoms with van der Waals surface area (Å²) < 4.78 is 0.880. The highest BCUT2D eigenvalue weighted by Gasteiger charge is 2.23. The molecule has 3 nitrogen and oxygen atoms in total. The third kappa shape index (κ3) is 14.5. The quantitative estimate of drug-likeness (QED) is 0.285. The molecular formula is C20H44ClNO2. The summed E-state index contributed by atoms with van der Waals surface area (Å²) in [5.41, 5.74) is 0. The second-order valence-electron chi connectivity index (χ2n) is 7.16. The zero-order chi connectivity index (χ0) is 17.2. The molecule has 0 saturated carbocycles. The first-order chi connectivity index (χ1) is 11.2. The van der Waals surface area contributed by atoms with Gasteiger partial charge in [0.1, 0.15) is 13.1 Å². The van der Waals surface area contributed by atoms with Crippen molar-refractivity contribution in [1.82, 2.24) is 0 Å². The van der Waals surface area contributed by atoms with E-state index in [1.165, 1.54) is 77.0 Å². The second-order valence-corrected chi connectivity index (χ2v) is 7.16. The van der Waals surface area contributed by atoms with Crippen molar-refractivity contribution >= 4 is 0 Å². The van der Waals surface area contributed by atoms with Gasteiger partial charge < -0.3 is 27.1 Å². The smallest absolute Gasteiger partial charge is 0.102 e. The summed E-state index contributed by atoms with van der Waals surface area (Å²) in [7, 11) is 0. The summed E-state index contributed by atoms with van der Waals surface area (Å²) >= 11 is 0. The van der Waals surface area contributed by atoms with E-state index in [0.717, 1.165) is 30.7 Å². The van der Waals surface area contributed by atoms with Gasteiger partial charge in [-0.3, -0.25) is 0 Å². The molecule has 0 amide bonds. The van der Waals surface area contributed by atoms with Crippen molar-refractivity contribution in [3.8, 4) is 0 Å². The van der Waals surface area contributed by atoms with Crippen molar-refractivity contribution in [2.75, 3.05) is 39.4 Å². The Labute approximate surface area is 157 Å². The van der Waals surface area contributed by atoms with Crippen molar-refractivity contribution in [1.29, 1.82) is 0 Å². The fourth-order valence-corrected chi connectivity index (χ4v) is 3.52. The van der Waals surface area contributed by atoms with E-state index < -0.39 is 0 Å². The molecule has 0 aromatic heterocycles. The molecule has 24 heavy (non-hydrogen) atoms. The van der Waals surface area contributed by atoms with Gasteiger partial charge in [0, 0.05) is 0 Å². The van der Waals surface area contributed by atoms with Crippen molar-refractivity contribution < 1.29 is 27.1 Å². The van der Waals surface area contributed by atoms with Crippen LogP contribution in [0.25, 0.3) is 0 Å². The predicted molar refractivity (Wildman–Crippen MR) is 101 cm³/mol. The molecule has 0 radical (unpaired) electrons. The van der Waals surface area contributed by atoms with Gasteiger partial charge in [-0.05, 0) is 19.8 Å². The van der Waals surface area contributed by atoms with E-state index in [4.69, 9.17) is 0 Å². The summed E-state index contributed by atoms with van der Waals surface area (Å²) in [4.78, 5) is 0. The molecule has 0 unspecified atom stereocenters. The molecular weight excluding hydrogens is 322 g/mol. The van der Waals surface area contributed by atoms with Gasteiger partial charge >= 0.3 is 0 Å². The lowest BCUT2D eigenvalue weighted by Crippen LogP contribution is -3.00. The van der Waals surface area contributed by atoms with Gasteiger partial charge in [-0.1, -0.05) is 71.1 Å². The minimum atomic E-state index is 0. The number of halogens is 1. The first-order valence-corrected chi connectivity index (χ1v) is 10.3. The Balaban J connectivity index is 0. The number of likely N-dealkylation sites (N-methyl/N-ethyl adjacent to an activating group) is 1. The normalized spacial score (nSPS) is 11.5. The second kappa shape index (κ2) is 19.5. The van der Waals surface area contributed by atoms with Crippen molar-refractivity contribution in [3.05, 3.63) is 0 Å². The maximum atomic E-state index is 9.25. The zero-order valence-corrected chi connectivity index (χ0v) is 17.2. The molecule has 0 saturated heterocycles. The van der Waals surface area contributed by atoms with Crippen LogP contribution in [0.2, 0.25) is 0 Å². The molecule has 0 rings (SSSR count). The van der Waals surface area contributed by atoms with Crippen LogP contribution in [0.4, 0.5) is 0 Å². The molecule has 0 aliphatic rings. The standard InChI is InChI=1S/C20H44NO2.ClH/c1-3-5-6-7-8-9-10-11-12-13-14-15-16-21(4-2,17-19-22)18-20-23;/h22-23H,3-20H2,1-2H3;1H/q+1;/p-1. The van der Waals surface area contributed by atoms with Gasteiger partial charge in [-0.15, -0.1) is 0 Å². The highest BCUT2D eigenvalue weighted by atomic mass is 35.5. The molecule has 0 spiro atoms. The summed E-state index contributed by atoms with van der Waals surface area (Å²) in [6, 6.07) is 0. The lowest BCUT2D eigenvalue weighted by atomic mass is 10.0.